The highest BCUT2D eigenvalue weighted by Gasteiger charge is 2.22. The van der Waals surface area contributed by atoms with Gasteiger partial charge in [-0.3, -0.25) is 9.48 Å². The number of amides is 1. The summed E-state index contributed by atoms with van der Waals surface area (Å²) in [5.41, 5.74) is 15.0. The van der Waals surface area contributed by atoms with Crippen LogP contribution in [0.5, 0.6) is 5.75 Å². The summed E-state index contributed by atoms with van der Waals surface area (Å²) in [6.45, 7) is 7.16. The Bertz CT molecular complexity index is 1190. The van der Waals surface area contributed by atoms with E-state index in [-0.39, 0.29) is 11.9 Å². The van der Waals surface area contributed by atoms with Crippen LogP contribution in [0.15, 0.2) is 24.4 Å². The molecular formula is C26H39N9O2. The molecule has 1 aromatic carbocycles. The molecule has 0 atom stereocenters. The summed E-state index contributed by atoms with van der Waals surface area (Å²) in [4.78, 5) is 25.4. The number of rotatable bonds is 12. The molecule has 0 radical (unpaired) electrons. The van der Waals surface area contributed by atoms with Crippen LogP contribution in [0.1, 0.15) is 44.6 Å². The third-order valence-electron chi connectivity index (χ3n) is 6.70. The quantitative estimate of drug-likeness (QED) is 0.314. The number of ether oxygens (including phenoxy) is 1. The van der Waals surface area contributed by atoms with Crippen LogP contribution in [0.25, 0.3) is 11.0 Å². The van der Waals surface area contributed by atoms with Crippen LogP contribution >= 0.6 is 0 Å². The molecule has 1 aliphatic rings. The molecule has 1 aliphatic heterocycles. The Labute approximate surface area is 218 Å². The minimum absolute atomic E-state index is 0.225. The first-order valence-corrected chi connectivity index (χ1v) is 13.2. The van der Waals surface area contributed by atoms with Crippen molar-refractivity contribution in [3.63, 3.8) is 0 Å². The van der Waals surface area contributed by atoms with Crippen molar-refractivity contribution in [3.8, 4) is 5.75 Å². The van der Waals surface area contributed by atoms with E-state index in [9.17, 15) is 4.79 Å². The van der Waals surface area contributed by atoms with Gasteiger partial charge < -0.3 is 31.3 Å². The second-order valence-electron chi connectivity index (χ2n) is 9.38. The number of fused-ring (bicyclic) bond motifs is 1. The van der Waals surface area contributed by atoms with Gasteiger partial charge in [0.15, 0.2) is 11.3 Å². The van der Waals surface area contributed by atoms with Gasteiger partial charge in [-0.2, -0.15) is 10.1 Å². The first-order chi connectivity index (χ1) is 18.0. The van der Waals surface area contributed by atoms with E-state index in [0.29, 0.717) is 36.4 Å². The van der Waals surface area contributed by atoms with Gasteiger partial charge in [0.05, 0.1) is 19.9 Å². The fourth-order valence-electron chi connectivity index (χ4n) is 4.59. The third kappa shape index (κ3) is 6.59. The standard InChI is InChI=1S/C26H39N9O2/c1-3-4-11-29-25-24-21(30-26(28)31-25)18-35(32-24)17-19-8-9-20(16-22(19)37-2)33-12-14-34(15-13-33)23(36)7-5-6-10-27/h8-9,16,18H,3-7,10-15,17,27H2,1-2H3,(H3,28,29,30,31). The molecule has 3 heterocycles. The summed E-state index contributed by atoms with van der Waals surface area (Å²) in [7, 11) is 1.68. The molecule has 200 valence electrons. The van der Waals surface area contributed by atoms with Crippen molar-refractivity contribution >= 4 is 34.4 Å². The third-order valence-corrected chi connectivity index (χ3v) is 6.70. The van der Waals surface area contributed by atoms with Crippen LogP contribution in [0.4, 0.5) is 17.5 Å². The van der Waals surface area contributed by atoms with Gasteiger partial charge in [0.25, 0.3) is 0 Å². The van der Waals surface area contributed by atoms with Gasteiger partial charge in [0, 0.05) is 56.5 Å². The summed E-state index contributed by atoms with van der Waals surface area (Å²) >= 11 is 0. The summed E-state index contributed by atoms with van der Waals surface area (Å²) < 4.78 is 7.59. The van der Waals surface area contributed by atoms with Gasteiger partial charge in [-0.05, 0) is 31.9 Å². The highest BCUT2D eigenvalue weighted by molar-refractivity contribution is 5.85. The average molecular weight is 510 g/mol. The molecule has 0 saturated carbocycles. The smallest absolute Gasteiger partial charge is 0.222 e. The number of hydrogen-bond acceptors (Lipinski definition) is 9. The first kappa shape index (κ1) is 26.5. The van der Waals surface area contributed by atoms with E-state index in [1.165, 1.54) is 0 Å². The molecule has 2 aromatic heterocycles. The monoisotopic (exact) mass is 509 g/mol. The van der Waals surface area contributed by atoms with Gasteiger partial charge in [-0.1, -0.05) is 19.4 Å². The SMILES string of the molecule is CCCCNc1nc(N)nc2cn(Cc3ccc(N4CCN(C(=O)CCCCN)CC4)cc3OC)nc12. The molecule has 1 fully saturated rings. The molecule has 11 heteroatoms. The fraction of sp³-hybridized carbons (Fsp3) is 0.538. The number of piperazine rings is 1. The van der Waals surface area contributed by atoms with Crippen molar-refractivity contribution in [2.75, 3.05) is 62.3 Å². The lowest BCUT2D eigenvalue weighted by atomic mass is 10.1. The molecule has 0 unspecified atom stereocenters. The summed E-state index contributed by atoms with van der Waals surface area (Å²) in [5, 5.41) is 8.06. The van der Waals surface area contributed by atoms with Crippen LogP contribution in [0.3, 0.4) is 0 Å². The topological polar surface area (TPSA) is 140 Å². The normalized spacial score (nSPS) is 13.8. The largest absolute Gasteiger partial charge is 0.496 e. The number of hydrogen-bond donors (Lipinski definition) is 3. The molecule has 1 amide bonds. The second kappa shape index (κ2) is 12.6. The Balaban J connectivity index is 1.43. The van der Waals surface area contributed by atoms with E-state index < -0.39 is 0 Å². The lowest BCUT2D eigenvalue weighted by Gasteiger charge is -2.36. The first-order valence-electron chi connectivity index (χ1n) is 13.2. The predicted octanol–water partition coefficient (Wildman–Crippen LogP) is 2.46. The number of carbonyl (C=O) groups excluding carboxylic acids is 1. The molecular weight excluding hydrogens is 470 g/mol. The number of unbranched alkanes of at least 4 members (excludes halogenated alkanes) is 2. The highest BCUT2D eigenvalue weighted by atomic mass is 16.5. The Morgan fingerprint density at radius 1 is 1.14 bits per heavy atom. The van der Waals surface area contributed by atoms with Gasteiger partial charge >= 0.3 is 0 Å². The number of nitrogens with two attached hydrogens (primary N) is 2. The molecule has 0 aliphatic carbocycles. The van der Waals surface area contributed by atoms with Crippen LogP contribution in [-0.2, 0) is 11.3 Å². The number of methoxy groups -OCH3 is 1. The minimum atomic E-state index is 0.225. The van der Waals surface area contributed by atoms with Gasteiger partial charge in [0.2, 0.25) is 11.9 Å². The molecule has 3 aromatic rings. The fourth-order valence-corrected chi connectivity index (χ4v) is 4.59. The van der Waals surface area contributed by atoms with Crippen molar-refractivity contribution in [1.29, 1.82) is 0 Å². The van der Waals surface area contributed by atoms with E-state index in [2.05, 4.69) is 45.3 Å². The zero-order valence-corrected chi connectivity index (χ0v) is 21.9. The molecule has 11 nitrogen and oxygen atoms in total. The molecule has 5 N–H and O–H groups in total. The Morgan fingerprint density at radius 3 is 2.68 bits per heavy atom. The Morgan fingerprint density at radius 2 is 1.95 bits per heavy atom. The molecule has 1 saturated heterocycles. The maximum Gasteiger partial charge on any atom is 0.222 e. The summed E-state index contributed by atoms with van der Waals surface area (Å²) in [6.07, 6.45) is 6.34. The molecule has 37 heavy (non-hydrogen) atoms. The Kier molecular flexibility index (Phi) is 8.99. The maximum atomic E-state index is 12.4. The van der Waals surface area contributed by atoms with Crippen molar-refractivity contribution in [3.05, 3.63) is 30.0 Å². The van der Waals surface area contributed by atoms with Crippen LogP contribution < -0.4 is 26.4 Å². The number of nitrogen functional groups attached to an aromatic ring is 1. The molecule has 0 spiro atoms. The predicted molar refractivity (Wildman–Crippen MR) is 147 cm³/mol. The average Bonchev–Trinajstić information content (AvgIpc) is 3.31. The molecule has 4 rings (SSSR count). The maximum absolute atomic E-state index is 12.4. The van der Waals surface area contributed by atoms with Crippen molar-refractivity contribution < 1.29 is 9.53 Å². The van der Waals surface area contributed by atoms with E-state index in [1.807, 2.05) is 15.8 Å². The Hall–Kier alpha value is -3.60. The second-order valence-corrected chi connectivity index (χ2v) is 9.38. The number of benzene rings is 1. The summed E-state index contributed by atoms with van der Waals surface area (Å²) in [5.74, 6) is 1.91. The number of nitrogens with zero attached hydrogens (tertiary/aromatic N) is 6. The molecule has 0 bridgehead atoms. The van der Waals surface area contributed by atoms with E-state index in [1.54, 1.807) is 7.11 Å². The van der Waals surface area contributed by atoms with E-state index in [0.717, 1.165) is 75.4 Å². The van der Waals surface area contributed by atoms with Crippen molar-refractivity contribution in [1.82, 2.24) is 24.6 Å². The number of anilines is 3. The van der Waals surface area contributed by atoms with Crippen LogP contribution in [-0.4, -0.2) is 76.9 Å². The van der Waals surface area contributed by atoms with Crippen molar-refractivity contribution in [2.45, 2.75) is 45.6 Å². The van der Waals surface area contributed by atoms with Gasteiger partial charge in [-0.15, -0.1) is 0 Å². The number of aromatic nitrogens is 4. The number of carbonyl (C=O) groups is 1. The van der Waals surface area contributed by atoms with E-state index in [4.69, 9.17) is 21.3 Å². The van der Waals surface area contributed by atoms with Crippen LogP contribution in [0, 0.1) is 0 Å². The lowest BCUT2D eigenvalue weighted by molar-refractivity contribution is -0.131. The zero-order chi connectivity index (χ0) is 26.2. The van der Waals surface area contributed by atoms with Crippen LogP contribution in [0.2, 0.25) is 0 Å². The minimum Gasteiger partial charge on any atom is -0.496 e. The number of nitrogens with one attached hydrogen (secondary N) is 1. The lowest BCUT2D eigenvalue weighted by Crippen LogP contribution is -2.48. The van der Waals surface area contributed by atoms with Crippen molar-refractivity contribution in [2.24, 2.45) is 5.73 Å². The van der Waals surface area contributed by atoms with E-state index >= 15 is 0 Å². The van der Waals surface area contributed by atoms with Gasteiger partial charge in [0.1, 0.15) is 11.3 Å². The zero-order valence-electron chi connectivity index (χ0n) is 21.9. The van der Waals surface area contributed by atoms with Gasteiger partial charge in [-0.25, -0.2) is 4.98 Å². The highest BCUT2D eigenvalue weighted by Crippen LogP contribution is 2.28. The summed E-state index contributed by atoms with van der Waals surface area (Å²) in [6, 6.07) is 6.24.